The van der Waals surface area contributed by atoms with E-state index < -0.39 is 23.9 Å². The Kier molecular flexibility index (Phi) is 23.2. The summed E-state index contributed by atoms with van der Waals surface area (Å²) in [6, 6.07) is 8.22. The number of aromatic hydroxyl groups is 2. The number of fused-ring (bicyclic) bond motifs is 10. The highest BCUT2D eigenvalue weighted by Gasteiger charge is 2.61. The van der Waals surface area contributed by atoms with Crippen molar-refractivity contribution in [3.05, 3.63) is 95.1 Å². The molecule has 0 aliphatic heterocycles. The predicted octanol–water partition coefficient (Wildman–Crippen LogP) is 18.1. The summed E-state index contributed by atoms with van der Waals surface area (Å²) in [7, 11) is 0. The van der Waals surface area contributed by atoms with E-state index in [2.05, 4.69) is 94.5 Å². The molecule has 0 heterocycles. The average Bonchev–Trinajstić information content (AvgIpc) is 1.33. The number of ether oxygens (including phenoxy) is 4. The van der Waals surface area contributed by atoms with E-state index in [0.717, 1.165) is 110 Å². The maximum atomic E-state index is 13.5. The van der Waals surface area contributed by atoms with Crippen molar-refractivity contribution in [1.82, 2.24) is 0 Å². The summed E-state index contributed by atoms with van der Waals surface area (Å²) in [6.45, 7) is 35.1. The topological polar surface area (TPSA) is 177 Å². The number of benzene rings is 2. The number of hydrogen-bond donors (Lipinski definition) is 2. The number of carbonyl (C=O) groups excluding carboxylic acids is 4. The summed E-state index contributed by atoms with van der Waals surface area (Å²) in [6.07, 6.45) is 31.5. The Balaban J connectivity index is 0.000000251. The van der Waals surface area contributed by atoms with Crippen LogP contribution in [-0.2, 0) is 19.1 Å². The van der Waals surface area contributed by atoms with Crippen LogP contribution in [0.1, 0.15) is 245 Å². The summed E-state index contributed by atoms with van der Waals surface area (Å²) in [4.78, 5) is 50.7. The molecular formula is C76H113O11P. The van der Waals surface area contributed by atoms with Gasteiger partial charge in [-0.15, -0.1) is 0 Å². The highest BCUT2D eigenvalue weighted by molar-refractivity contribution is 6.92. The standard InChI is InChI=1S/C42H58O6.C34H50O4.H2O.H3P/c1-25(2)11-10-12-28(7)35-15-16-36-34-14-13-30-23-31(17-19-41(30,8)37(34)18-20-42(35,36)9)46-40(45)29-21-32(47-38(43)26(3)4)24-33(22-29)48-39(44)27(5)6;1-21(2)7-6-8-22(3)29-11-12-30-28-10-9-24-19-27(38-32(37)23-17-25(35)20-26(36)18-23)13-15-33(24,4)31(28)14-16-34(29,30)5;;/h13,21-22,24-25,28,31,34-37H,3,5,10-12,14-20,23H2,1-2,4,6-9H3;9,17-18,20-22,27-31,35-36H,6-8,10-16,19H2,1-5H3;1H2;1H3. The van der Waals surface area contributed by atoms with Crippen LogP contribution in [0.15, 0.2) is 84.0 Å². The van der Waals surface area contributed by atoms with Gasteiger partial charge in [0.2, 0.25) is 0 Å². The van der Waals surface area contributed by atoms with E-state index in [1.165, 1.54) is 158 Å². The molecule has 0 bridgehead atoms. The number of allylic oxidation sites excluding steroid dienone is 2. The van der Waals surface area contributed by atoms with Gasteiger partial charge in [-0.25, -0.2) is 19.2 Å². The summed E-state index contributed by atoms with van der Waals surface area (Å²) >= 11 is 0. The Hall–Kier alpha value is -4.73. The predicted molar refractivity (Wildman–Crippen MR) is 356 cm³/mol. The van der Waals surface area contributed by atoms with Crippen LogP contribution in [0.2, 0.25) is 0 Å². The normalized spacial score (nSPS) is 33.2. The van der Waals surface area contributed by atoms with Crippen molar-refractivity contribution in [2.24, 2.45) is 92.7 Å². The number of phenolic OH excluding ortho intramolecular Hbond substituents is 2. The zero-order chi connectivity index (χ0) is 62.2. The van der Waals surface area contributed by atoms with Crippen LogP contribution in [0, 0.1) is 92.7 Å². The quantitative estimate of drug-likeness (QED) is 0.0480. The fourth-order valence-corrected chi connectivity index (χ4v) is 19.9. The Morgan fingerprint density at radius 2 is 0.909 bits per heavy atom. The van der Waals surface area contributed by atoms with Gasteiger partial charge in [0.1, 0.15) is 35.2 Å². The van der Waals surface area contributed by atoms with Crippen LogP contribution < -0.4 is 9.47 Å². The third kappa shape index (κ3) is 14.9. The first kappa shape index (κ1) is 70.7. The lowest BCUT2D eigenvalue weighted by molar-refractivity contribution is -0.130. The SMILES string of the molecule is C=C(C)C(=O)Oc1cc(OC(=O)C(=C)C)cc(C(=O)OC2CCC3(C)C(=CCC4C3CCC3(C)C(C(C)CCCC(C)C)CCC43)C2)c1.CC(C)CCCC(C)C1CCC2C3CC=C4CC(OC(=O)c5cc(O)cc(O)c5)CCC4(C)C3CCC12C.O.P. The van der Waals surface area contributed by atoms with Crippen molar-refractivity contribution in [3.8, 4) is 23.0 Å². The monoisotopic (exact) mass is 1230 g/mol. The molecular weight excluding hydrogens is 1120 g/mol. The van der Waals surface area contributed by atoms with Gasteiger partial charge in [-0.3, -0.25) is 0 Å². The fraction of sp³-hybridized carbons (Fsp3) is 0.684. The first-order valence-electron chi connectivity index (χ1n) is 33.9. The van der Waals surface area contributed by atoms with E-state index in [4.69, 9.17) is 18.9 Å². The van der Waals surface area contributed by atoms with Crippen LogP contribution in [0.25, 0.3) is 0 Å². The molecule has 0 radical (unpaired) electrons. The lowest BCUT2D eigenvalue weighted by Crippen LogP contribution is -2.51. The van der Waals surface area contributed by atoms with Gasteiger partial charge in [0, 0.05) is 36.1 Å². The molecule has 17 atom stereocenters. The van der Waals surface area contributed by atoms with Crippen LogP contribution in [0.5, 0.6) is 23.0 Å². The summed E-state index contributed by atoms with van der Waals surface area (Å²) in [5.74, 6) is 7.20. The third-order valence-corrected chi connectivity index (χ3v) is 24.4. The molecule has 17 unspecified atom stereocenters. The van der Waals surface area contributed by atoms with E-state index >= 15 is 0 Å². The number of rotatable bonds is 18. The number of phenols is 2. The van der Waals surface area contributed by atoms with Gasteiger partial charge < -0.3 is 34.6 Å². The lowest BCUT2D eigenvalue weighted by atomic mass is 9.47. The van der Waals surface area contributed by atoms with Crippen LogP contribution in [0.3, 0.4) is 0 Å². The van der Waals surface area contributed by atoms with E-state index in [1.54, 1.807) is 0 Å². The van der Waals surface area contributed by atoms with E-state index in [0.29, 0.717) is 16.7 Å². The highest BCUT2D eigenvalue weighted by Crippen LogP contribution is 2.69. The molecule has 8 aliphatic carbocycles. The van der Waals surface area contributed by atoms with Gasteiger partial charge in [-0.1, -0.05) is 144 Å². The van der Waals surface area contributed by atoms with Gasteiger partial charge >= 0.3 is 23.9 Å². The molecule has 11 nitrogen and oxygen atoms in total. The van der Waals surface area contributed by atoms with Gasteiger partial charge in [-0.05, 0) is 221 Å². The van der Waals surface area contributed by atoms with Crippen molar-refractivity contribution in [2.45, 2.75) is 237 Å². The van der Waals surface area contributed by atoms with E-state index in [9.17, 15) is 29.4 Å². The smallest absolute Gasteiger partial charge is 0.338 e. The molecule has 0 amide bonds. The molecule has 0 saturated heterocycles. The maximum Gasteiger partial charge on any atom is 0.338 e. The Morgan fingerprint density at radius 3 is 1.28 bits per heavy atom. The summed E-state index contributed by atoms with van der Waals surface area (Å²) < 4.78 is 22.8. The zero-order valence-corrected chi connectivity index (χ0v) is 57.5. The highest BCUT2D eigenvalue weighted by atomic mass is 31.0. The average molecular weight is 1230 g/mol. The number of hydrogen-bond acceptors (Lipinski definition) is 10. The molecule has 2 aromatic carbocycles. The molecule has 488 valence electrons. The molecule has 88 heavy (non-hydrogen) atoms. The van der Waals surface area contributed by atoms with Crippen molar-refractivity contribution >= 4 is 33.8 Å². The van der Waals surface area contributed by atoms with Crippen molar-refractivity contribution in [3.63, 3.8) is 0 Å². The van der Waals surface area contributed by atoms with E-state index in [-0.39, 0.29) is 83.7 Å². The summed E-state index contributed by atoms with van der Waals surface area (Å²) in [5, 5.41) is 19.5. The minimum absolute atomic E-state index is 0. The van der Waals surface area contributed by atoms with Crippen LogP contribution >= 0.6 is 9.90 Å². The lowest BCUT2D eigenvalue weighted by Gasteiger charge is -2.58. The molecule has 2 aromatic rings. The molecule has 6 saturated carbocycles. The first-order chi connectivity index (χ1) is 40.6. The minimum atomic E-state index is -0.640. The second kappa shape index (κ2) is 28.8. The Bertz CT molecular complexity index is 2850. The molecule has 10 rings (SSSR count). The van der Waals surface area contributed by atoms with Crippen LogP contribution in [-0.4, -0.2) is 51.8 Å². The largest absolute Gasteiger partial charge is 0.508 e. The Labute approximate surface area is 532 Å². The third-order valence-electron chi connectivity index (χ3n) is 24.4. The first-order valence-corrected chi connectivity index (χ1v) is 33.9. The van der Waals surface area contributed by atoms with Crippen molar-refractivity contribution in [1.29, 1.82) is 0 Å². The Morgan fingerprint density at radius 1 is 0.523 bits per heavy atom. The second-order valence-corrected chi connectivity index (χ2v) is 30.9. The van der Waals surface area contributed by atoms with Gasteiger partial charge in [0.25, 0.3) is 0 Å². The molecule has 4 N–H and O–H groups in total. The molecule has 6 fully saturated rings. The molecule has 12 heteroatoms. The molecule has 0 aromatic heterocycles. The fourth-order valence-electron chi connectivity index (χ4n) is 19.9. The zero-order valence-electron chi connectivity index (χ0n) is 56.0. The number of carbonyl (C=O) groups is 4. The minimum Gasteiger partial charge on any atom is -0.508 e. The second-order valence-electron chi connectivity index (χ2n) is 30.9. The summed E-state index contributed by atoms with van der Waals surface area (Å²) in [5.41, 5.74) is 5.05. The molecule has 0 spiro atoms. The van der Waals surface area contributed by atoms with Crippen molar-refractivity contribution in [2.75, 3.05) is 0 Å². The number of esters is 4. The van der Waals surface area contributed by atoms with Gasteiger partial charge in [0.05, 0.1) is 11.1 Å². The van der Waals surface area contributed by atoms with Gasteiger partial charge in [-0.2, -0.15) is 9.90 Å². The van der Waals surface area contributed by atoms with Crippen LogP contribution in [0.4, 0.5) is 0 Å². The van der Waals surface area contributed by atoms with Crippen molar-refractivity contribution < 1.29 is 53.8 Å². The maximum absolute atomic E-state index is 13.5. The van der Waals surface area contributed by atoms with Gasteiger partial charge in [0.15, 0.2) is 0 Å². The van der Waals surface area contributed by atoms with E-state index in [1.807, 2.05) is 0 Å². The molecule has 8 aliphatic rings.